The van der Waals surface area contributed by atoms with Crippen molar-refractivity contribution in [1.29, 1.82) is 0 Å². The zero-order chi connectivity index (χ0) is 17.5. The van der Waals surface area contributed by atoms with Crippen LogP contribution in [-0.2, 0) is 11.2 Å². The van der Waals surface area contributed by atoms with Gasteiger partial charge >= 0.3 is 0 Å². The summed E-state index contributed by atoms with van der Waals surface area (Å²) < 4.78 is 31.3. The fourth-order valence-corrected chi connectivity index (χ4v) is 1.89. The molecule has 0 aliphatic heterocycles. The Bertz CT molecular complexity index is 713. The number of halogens is 2. The van der Waals surface area contributed by atoms with Gasteiger partial charge in [-0.25, -0.2) is 8.78 Å². The van der Waals surface area contributed by atoms with E-state index in [0.29, 0.717) is 11.8 Å². The number of hydrogen-bond acceptors (Lipinski definition) is 3. The third-order valence-corrected chi connectivity index (χ3v) is 3.14. The zero-order valence-corrected chi connectivity index (χ0v) is 12.9. The molecule has 0 radical (unpaired) electrons. The average Bonchev–Trinajstić information content (AvgIpc) is 2.57. The molecular formula is C17H16F2N2O3. The van der Waals surface area contributed by atoms with Crippen molar-refractivity contribution in [2.45, 2.75) is 13.3 Å². The lowest BCUT2D eigenvalue weighted by Gasteiger charge is -2.09. The molecule has 2 amide bonds. The highest BCUT2D eigenvalue weighted by molar-refractivity contribution is 5.95. The van der Waals surface area contributed by atoms with Crippen LogP contribution in [0.1, 0.15) is 22.8 Å². The normalized spacial score (nSPS) is 10.1. The lowest BCUT2D eigenvalue weighted by molar-refractivity contribution is -0.123. The number of aryl methyl sites for hydroxylation is 1. The van der Waals surface area contributed by atoms with Gasteiger partial charge in [-0.2, -0.15) is 0 Å². The maximum Gasteiger partial charge on any atom is 0.276 e. The number of hydrazine groups is 1. The topological polar surface area (TPSA) is 67.4 Å². The number of rotatable bonds is 5. The van der Waals surface area contributed by atoms with Crippen LogP contribution in [-0.4, -0.2) is 18.4 Å². The van der Waals surface area contributed by atoms with Crippen LogP contribution in [0.15, 0.2) is 42.5 Å². The van der Waals surface area contributed by atoms with Gasteiger partial charge < -0.3 is 4.74 Å². The second kappa shape index (κ2) is 8.05. The molecule has 7 heteroatoms. The lowest BCUT2D eigenvalue weighted by Crippen LogP contribution is -2.43. The van der Waals surface area contributed by atoms with Crippen molar-refractivity contribution in [3.63, 3.8) is 0 Å². The molecular weight excluding hydrogens is 318 g/mol. The quantitative estimate of drug-likeness (QED) is 0.825. The summed E-state index contributed by atoms with van der Waals surface area (Å²) in [6.07, 6.45) is 0.896. The highest BCUT2D eigenvalue weighted by atomic mass is 19.1. The summed E-state index contributed by atoms with van der Waals surface area (Å²) in [6, 6.07) is 9.60. The molecule has 0 atom stereocenters. The van der Waals surface area contributed by atoms with E-state index in [1.54, 1.807) is 12.1 Å². The van der Waals surface area contributed by atoms with Crippen molar-refractivity contribution < 1.29 is 23.1 Å². The van der Waals surface area contributed by atoms with Crippen molar-refractivity contribution >= 4 is 11.8 Å². The van der Waals surface area contributed by atoms with E-state index in [1.807, 2.05) is 19.1 Å². The smallest absolute Gasteiger partial charge is 0.276 e. The van der Waals surface area contributed by atoms with Crippen molar-refractivity contribution in [3.05, 3.63) is 65.2 Å². The Hall–Kier alpha value is -2.96. The molecule has 5 nitrogen and oxygen atoms in total. The molecule has 24 heavy (non-hydrogen) atoms. The van der Waals surface area contributed by atoms with Crippen LogP contribution < -0.4 is 15.6 Å². The van der Waals surface area contributed by atoms with Gasteiger partial charge in [-0.3, -0.25) is 20.4 Å². The largest absolute Gasteiger partial charge is 0.484 e. The maximum absolute atomic E-state index is 13.0. The number of hydrogen-bond donors (Lipinski definition) is 2. The Morgan fingerprint density at radius 2 is 1.62 bits per heavy atom. The van der Waals surface area contributed by atoms with Crippen LogP contribution in [0.3, 0.4) is 0 Å². The molecule has 0 aliphatic rings. The Labute approximate surface area is 137 Å². The third-order valence-electron chi connectivity index (χ3n) is 3.14. The van der Waals surface area contributed by atoms with Crippen LogP contribution >= 0.6 is 0 Å². The van der Waals surface area contributed by atoms with Crippen LogP contribution in [0.2, 0.25) is 0 Å². The fraction of sp³-hybridized carbons (Fsp3) is 0.176. The maximum atomic E-state index is 13.0. The molecule has 2 aromatic carbocycles. The number of carbonyl (C=O) groups is 2. The van der Waals surface area contributed by atoms with Crippen LogP contribution in [0, 0.1) is 11.6 Å². The molecule has 0 saturated carbocycles. The van der Waals surface area contributed by atoms with Gasteiger partial charge in [-0.1, -0.05) is 19.1 Å². The molecule has 2 rings (SSSR count). The predicted octanol–water partition coefficient (Wildman–Crippen LogP) is 2.37. The molecule has 0 spiro atoms. The molecule has 0 fully saturated rings. The number of carbonyl (C=O) groups excluding carboxylic acids is 2. The Morgan fingerprint density at radius 1 is 1.00 bits per heavy atom. The number of amides is 2. The highest BCUT2D eigenvalue weighted by Crippen LogP contribution is 2.12. The number of benzene rings is 2. The Balaban J connectivity index is 1.80. The molecule has 0 unspecified atom stereocenters. The highest BCUT2D eigenvalue weighted by Gasteiger charge is 2.10. The average molecular weight is 334 g/mol. The van der Waals surface area contributed by atoms with E-state index in [-0.39, 0.29) is 12.2 Å². The zero-order valence-electron chi connectivity index (χ0n) is 12.9. The van der Waals surface area contributed by atoms with Gasteiger partial charge in [-0.05, 0) is 36.2 Å². The minimum absolute atomic E-state index is 0.246. The number of nitrogens with one attached hydrogen (secondary N) is 2. The summed E-state index contributed by atoms with van der Waals surface area (Å²) in [5, 5.41) is 0. The van der Waals surface area contributed by atoms with E-state index < -0.39 is 23.4 Å². The van der Waals surface area contributed by atoms with E-state index in [0.717, 1.165) is 24.1 Å². The first-order valence-corrected chi connectivity index (χ1v) is 7.25. The summed E-state index contributed by atoms with van der Waals surface area (Å²) in [5.41, 5.74) is 5.05. The summed E-state index contributed by atoms with van der Waals surface area (Å²) in [6.45, 7) is 1.71. The van der Waals surface area contributed by atoms with E-state index in [4.69, 9.17) is 4.74 Å². The van der Waals surface area contributed by atoms with Crippen molar-refractivity contribution in [3.8, 4) is 5.75 Å². The van der Waals surface area contributed by atoms with Crippen LogP contribution in [0.5, 0.6) is 5.75 Å². The van der Waals surface area contributed by atoms with Gasteiger partial charge in [0, 0.05) is 11.6 Å². The first-order valence-electron chi connectivity index (χ1n) is 7.25. The minimum Gasteiger partial charge on any atom is -0.484 e. The molecule has 126 valence electrons. The molecule has 0 aromatic heterocycles. The van der Waals surface area contributed by atoms with Gasteiger partial charge in [0.25, 0.3) is 11.8 Å². The van der Waals surface area contributed by atoms with Gasteiger partial charge in [-0.15, -0.1) is 0 Å². The summed E-state index contributed by atoms with van der Waals surface area (Å²) in [5.74, 6) is -2.70. The first kappa shape index (κ1) is 17.4. The second-order valence-electron chi connectivity index (χ2n) is 4.95. The standard InChI is InChI=1S/C17H16F2N2O3/c1-2-11-3-5-15(6-4-11)24-10-16(22)20-21-17(23)12-7-13(18)9-14(19)8-12/h3-9H,2,10H2,1H3,(H,20,22)(H,21,23). The molecule has 2 N–H and O–H groups in total. The Morgan fingerprint density at radius 3 is 2.21 bits per heavy atom. The van der Waals surface area contributed by atoms with Gasteiger partial charge in [0.1, 0.15) is 17.4 Å². The molecule has 2 aromatic rings. The van der Waals surface area contributed by atoms with Crippen molar-refractivity contribution in [1.82, 2.24) is 10.9 Å². The number of ether oxygens (including phenoxy) is 1. The van der Waals surface area contributed by atoms with E-state index >= 15 is 0 Å². The fourth-order valence-electron chi connectivity index (χ4n) is 1.89. The van der Waals surface area contributed by atoms with Crippen LogP contribution in [0.4, 0.5) is 8.78 Å². The SMILES string of the molecule is CCc1ccc(OCC(=O)NNC(=O)c2cc(F)cc(F)c2)cc1. The van der Waals surface area contributed by atoms with Gasteiger partial charge in [0.05, 0.1) is 0 Å². The first-order chi connectivity index (χ1) is 11.5. The molecule has 0 saturated heterocycles. The molecule has 0 heterocycles. The van der Waals surface area contributed by atoms with Crippen molar-refractivity contribution in [2.24, 2.45) is 0 Å². The van der Waals surface area contributed by atoms with Gasteiger partial charge in [0.15, 0.2) is 6.61 Å². The molecule has 0 aliphatic carbocycles. The van der Waals surface area contributed by atoms with Gasteiger partial charge in [0.2, 0.25) is 0 Å². The summed E-state index contributed by atoms with van der Waals surface area (Å²) in [7, 11) is 0. The third kappa shape index (κ3) is 5.05. The second-order valence-corrected chi connectivity index (χ2v) is 4.95. The van der Waals surface area contributed by atoms with Crippen LogP contribution in [0.25, 0.3) is 0 Å². The Kier molecular flexibility index (Phi) is 5.83. The minimum atomic E-state index is -0.884. The van der Waals surface area contributed by atoms with E-state index in [9.17, 15) is 18.4 Å². The lowest BCUT2D eigenvalue weighted by atomic mass is 10.2. The van der Waals surface area contributed by atoms with E-state index in [1.165, 1.54) is 0 Å². The predicted molar refractivity (Wildman–Crippen MR) is 83.3 cm³/mol. The molecule has 0 bridgehead atoms. The summed E-state index contributed by atoms with van der Waals surface area (Å²) >= 11 is 0. The monoisotopic (exact) mass is 334 g/mol. The van der Waals surface area contributed by atoms with E-state index in [2.05, 4.69) is 10.9 Å². The summed E-state index contributed by atoms with van der Waals surface area (Å²) in [4.78, 5) is 23.3. The van der Waals surface area contributed by atoms with Crippen molar-refractivity contribution in [2.75, 3.05) is 6.61 Å².